The lowest BCUT2D eigenvalue weighted by molar-refractivity contribution is -0.160. The Labute approximate surface area is 190 Å². The number of fused-ring (bicyclic) bond motifs is 1. The highest BCUT2D eigenvalue weighted by atomic mass is 28.4. The Morgan fingerprint density at radius 2 is 2.03 bits per heavy atom. The lowest BCUT2D eigenvalue weighted by atomic mass is 9.82. The van der Waals surface area contributed by atoms with Gasteiger partial charge in [0.15, 0.2) is 8.32 Å². The van der Waals surface area contributed by atoms with Crippen LogP contribution in [0, 0.1) is 5.92 Å². The van der Waals surface area contributed by atoms with Gasteiger partial charge in [-0.3, -0.25) is 4.79 Å². The molecule has 3 heterocycles. The number of carbonyl (C=O) groups is 3. The summed E-state index contributed by atoms with van der Waals surface area (Å²) in [6.07, 6.45) is 4.93. The molecule has 1 N–H and O–H groups in total. The van der Waals surface area contributed by atoms with Crippen LogP contribution in [0.2, 0.25) is 19.6 Å². The summed E-state index contributed by atoms with van der Waals surface area (Å²) >= 11 is 0. The largest absolute Gasteiger partial charge is 0.477 e. The van der Waals surface area contributed by atoms with Crippen LogP contribution in [0.15, 0.2) is 35.6 Å². The average molecular weight is 463 g/mol. The summed E-state index contributed by atoms with van der Waals surface area (Å²) in [6.45, 7) is 14.3. The van der Waals surface area contributed by atoms with E-state index in [1.165, 1.54) is 11.0 Å². The first kappa shape index (κ1) is 24.3. The fourth-order valence-corrected chi connectivity index (χ4v) is 6.29. The molecule has 0 saturated carbocycles. The number of likely N-dealkylation sites (tertiary alicyclic amines) is 1. The third kappa shape index (κ3) is 4.68. The number of allylic oxidation sites excluding steroid dienone is 1. The number of aliphatic carboxylic acids is 1. The Morgan fingerprint density at radius 1 is 1.34 bits per heavy atom. The molecule has 3 aliphatic heterocycles. The Balaban J connectivity index is 1.81. The van der Waals surface area contributed by atoms with Crippen molar-refractivity contribution >= 4 is 26.3 Å². The maximum atomic E-state index is 12.9. The van der Waals surface area contributed by atoms with Crippen molar-refractivity contribution in [3.8, 4) is 0 Å². The molecule has 9 heteroatoms. The van der Waals surface area contributed by atoms with Crippen molar-refractivity contribution in [1.82, 2.24) is 9.80 Å². The second-order valence-electron chi connectivity index (χ2n) is 9.69. The van der Waals surface area contributed by atoms with Crippen molar-refractivity contribution in [3.05, 3.63) is 35.6 Å². The second-order valence-corrected chi connectivity index (χ2v) is 14.2. The molecule has 4 atom stereocenters. The number of carbonyl (C=O) groups excluding carboxylic acids is 2. The SMILES string of the molecule is C=CCOC(=O)N1CCC[C@H]1C=C(C)C1=C(C(=O)O)N2C(=O)[C@H]([C@@H](C)O[Si](C)(C)C)[C@H]2C1. The number of amides is 2. The molecule has 3 aliphatic rings. The molecule has 0 radical (unpaired) electrons. The monoisotopic (exact) mass is 462 g/mol. The van der Waals surface area contributed by atoms with Crippen LogP contribution in [0.5, 0.6) is 0 Å². The topological polar surface area (TPSA) is 96.4 Å². The van der Waals surface area contributed by atoms with Crippen LogP contribution in [0.25, 0.3) is 0 Å². The normalized spacial score (nSPS) is 26.7. The molecule has 0 aliphatic carbocycles. The van der Waals surface area contributed by atoms with Crippen LogP contribution in [0.4, 0.5) is 4.79 Å². The average Bonchev–Trinajstić information content (AvgIpc) is 3.27. The van der Waals surface area contributed by atoms with E-state index >= 15 is 0 Å². The predicted molar refractivity (Wildman–Crippen MR) is 122 cm³/mol. The summed E-state index contributed by atoms with van der Waals surface area (Å²) in [5.41, 5.74) is 1.50. The van der Waals surface area contributed by atoms with E-state index in [0.29, 0.717) is 18.5 Å². The van der Waals surface area contributed by atoms with E-state index in [0.717, 1.165) is 18.4 Å². The molecule has 2 fully saturated rings. The molecule has 3 rings (SSSR count). The van der Waals surface area contributed by atoms with E-state index in [1.54, 1.807) is 4.90 Å². The van der Waals surface area contributed by atoms with Gasteiger partial charge in [-0.1, -0.05) is 18.7 Å². The maximum absolute atomic E-state index is 12.9. The van der Waals surface area contributed by atoms with Gasteiger partial charge in [0.05, 0.1) is 24.1 Å². The summed E-state index contributed by atoms with van der Waals surface area (Å²) < 4.78 is 11.3. The van der Waals surface area contributed by atoms with Crippen molar-refractivity contribution < 1.29 is 28.7 Å². The minimum Gasteiger partial charge on any atom is -0.477 e. The third-order valence-electron chi connectivity index (χ3n) is 6.23. The van der Waals surface area contributed by atoms with E-state index in [-0.39, 0.29) is 42.3 Å². The number of carboxylic acid groups (broad SMARTS) is 1. The van der Waals surface area contributed by atoms with Gasteiger partial charge in [-0.05, 0) is 63.9 Å². The predicted octanol–water partition coefficient (Wildman–Crippen LogP) is 3.53. The summed E-state index contributed by atoms with van der Waals surface area (Å²) in [6, 6.07) is -0.362. The highest BCUT2D eigenvalue weighted by Crippen LogP contribution is 2.46. The number of hydrogen-bond acceptors (Lipinski definition) is 5. The summed E-state index contributed by atoms with van der Waals surface area (Å²) in [5.74, 6) is -1.62. The van der Waals surface area contributed by atoms with Crippen LogP contribution in [0.3, 0.4) is 0 Å². The molecular weight excluding hydrogens is 428 g/mol. The molecule has 0 spiro atoms. The lowest BCUT2D eigenvalue weighted by Crippen LogP contribution is -2.63. The molecule has 0 aromatic heterocycles. The Hall–Kier alpha value is -2.39. The summed E-state index contributed by atoms with van der Waals surface area (Å²) in [4.78, 5) is 40.4. The van der Waals surface area contributed by atoms with Crippen LogP contribution in [-0.2, 0) is 18.8 Å². The molecule has 8 nitrogen and oxygen atoms in total. The van der Waals surface area contributed by atoms with Crippen LogP contribution >= 0.6 is 0 Å². The number of ether oxygens (including phenoxy) is 1. The minimum absolute atomic E-state index is 0.0592. The molecule has 176 valence electrons. The van der Waals surface area contributed by atoms with Gasteiger partial charge in [0.1, 0.15) is 12.3 Å². The molecule has 32 heavy (non-hydrogen) atoms. The number of carboxylic acids is 1. The number of hydrogen-bond donors (Lipinski definition) is 1. The Kier molecular flexibility index (Phi) is 6.99. The van der Waals surface area contributed by atoms with E-state index in [2.05, 4.69) is 26.2 Å². The first-order valence-electron chi connectivity index (χ1n) is 11.2. The standard InChI is InChI=1S/C23H34N2O6Si/c1-7-11-30-23(29)24-10-8-9-16(24)12-14(2)17-13-18-19(15(3)31-32(4,5)6)21(26)25(18)20(17)22(27)28/h7,12,15-16,18-19H,1,8-11,13H2,2-6H3,(H,27,28)/t15-,16+,18-,19-/m1/s1. The second kappa shape index (κ2) is 9.23. The van der Waals surface area contributed by atoms with Crippen molar-refractivity contribution in [2.24, 2.45) is 5.92 Å². The van der Waals surface area contributed by atoms with Crippen molar-refractivity contribution in [3.63, 3.8) is 0 Å². The molecule has 2 saturated heterocycles. The van der Waals surface area contributed by atoms with Gasteiger partial charge < -0.3 is 24.1 Å². The molecule has 2 amide bonds. The fourth-order valence-electron chi connectivity index (χ4n) is 5.03. The summed E-state index contributed by atoms with van der Waals surface area (Å²) in [7, 11) is -1.84. The van der Waals surface area contributed by atoms with Gasteiger partial charge >= 0.3 is 12.1 Å². The van der Waals surface area contributed by atoms with E-state index in [9.17, 15) is 19.5 Å². The van der Waals surface area contributed by atoms with Gasteiger partial charge in [-0.15, -0.1) is 0 Å². The van der Waals surface area contributed by atoms with Crippen LogP contribution in [0.1, 0.15) is 33.1 Å². The Bertz CT molecular complexity index is 874. The van der Waals surface area contributed by atoms with Gasteiger partial charge in [0.2, 0.25) is 5.91 Å². The van der Waals surface area contributed by atoms with Crippen molar-refractivity contribution in [1.29, 1.82) is 0 Å². The quantitative estimate of drug-likeness (QED) is 0.337. The van der Waals surface area contributed by atoms with Gasteiger partial charge in [0, 0.05) is 6.54 Å². The maximum Gasteiger partial charge on any atom is 0.410 e. The zero-order valence-corrected chi connectivity index (χ0v) is 20.6. The highest BCUT2D eigenvalue weighted by Gasteiger charge is 2.57. The first-order valence-corrected chi connectivity index (χ1v) is 14.6. The summed E-state index contributed by atoms with van der Waals surface area (Å²) in [5, 5.41) is 9.88. The van der Waals surface area contributed by atoms with Gasteiger partial charge in [0.25, 0.3) is 0 Å². The molecule has 0 unspecified atom stereocenters. The minimum atomic E-state index is -1.84. The molecule has 0 aromatic carbocycles. The van der Waals surface area contributed by atoms with Gasteiger partial charge in [-0.25, -0.2) is 9.59 Å². The van der Waals surface area contributed by atoms with Gasteiger partial charge in [-0.2, -0.15) is 0 Å². The van der Waals surface area contributed by atoms with Crippen molar-refractivity contribution in [2.45, 2.75) is 70.9 Å². The highest BCUT2D eigenvalue weighted by molar-refractivity contribution is 6.69. The zero-order chi connectivity index (χ0) is 23.8. The van der Waals surface area contributed by atoms with E-state index < -0.39 is 20.4 Å². The van der Waals surface area contributed by atoms with Crippen LogP contribution in [-0.4, -0.2) is 72.5 Å². The zero-order valence-electron chi connectivity index (χ0n) is 19.6. The molecule has 0 aromatic rings. The number of β-lactam (4-membered cyclic amide) rings is 1. The molecular formula is C23H34N2O6Si. The number of rotatable bonds is 8. The van der Waals surface area contributed by atoms with E-state index in [1.807, 2.05) is 19.9 Å². The number of nitrogens with zero attached hydrogens (tertiary/aromatic N) is 2. The molecule has 0 bridgehead atoms. The lowest BCUT2D eigenvalue weighted by Gasteiger charge is -2.47. The first-order chi connectivity index (χ1) is 15.0. The third-order valence-corrected chi connectivity index (χ3v) is 7.31. The fraction of sp³-hybridized carbons (Fsp3) is 0.609. The van der Waals surface area contributed by atoms with Crippen LogP contribution < -0.4 is 0 Å². The van der Waals surface area contributed by atoms with Crippen molar-refractivity contribution in [2.75, 3.05) is 13.2 Å². The van der Waals surface area contributed by atoms with E-state index in [4.69, 9.17) is 9.16 Å². The Morgan fingerprint density at radius 3 is 2.62 bits per heavy atom. The smallest absolute Gasteiger partial charge is 0.410 e.